The summed E-state index contributed by atoms with van der Waals surface area (Å²) >= 11 is 0. The Morgan fingerprint density at radius 3 is 1.94 bits per heavy atom. The normalized spacial score (nSPS) is 14.7. The van der Waals surface area contributed by atoms with Crippen LogP contribution < -0.4 is 0 Å². The van der Waals surface area contributed by atoms with Gasteiger partial charge in [0.2, 0.25) is 0 Å². The minimum absolute atomic E-state index is 0.663. The van der Waals surface area contributed by atoms with Gasteiger partial charge < -0.3 is 4.43 Å². The highest BCUT2D eigenvalue weighted by Crippen LogP contribution is 2.36. The summed E-state index contributed by atoms with van der Waals surface area (Å²) in [6.45, 7) is 15.1. The Morgan fingerprint density at radius 2 is 1.53 bits per heavy atom. The van der Waals surface area contributed by atoms with Crippen LogP contribution in [0.4, 0.5) is 0 Å². The van der Waals surface area contributed by atoms with Crippen LogP contribution in [0.5, 0.6) is 0 Å². The Morgan fingerprint density at radius 1 is 1.00 bits per heavy atom. The van der Waals surface area contributed by atoms with Gasteiger partial charge in [0.15, 0.2) is 8.32 Å². The first-order valence-electron chi connectivity index (χ1n) is 6.48. The maximum atomic E-state index is 6.15. The van der Waals surface area contributed by atoms with Crippen LogP contribution in [0, 0.1) is 0 Å². The van der Waals surface area contributed by atoms with Crippen LogP contribution >= 0.6 is 0 Å². The van der Waals surface area contributed by atoms with Gasteiger partial charge in [-0.1, -0.05) is 50.0 Å². The van der Waals surface area contributed by atoms with Gasteiger partial charge in [0.25, 0.3) is 0 Å². The van der Waals surface area contributed by atoms with E-state index in [4.69, 9.17) is 4.43 Å². The molecule has 1 atom stereocenters. The van der Waals surface area contributed by atoms with Crippen molar-refractivity contribution in [3.8, 4) is 0 Å². The van der Waals surface area contributed by atoms with Gasteiger partial charge in [-0.3, -0.25) is 0 Å². The van der Waals surface area contributed by atoms with Crippen LogP contribution in [0.1, 0.15) is 17.7 Å². The van der Waals surface area contributed by atoms with Gasteiger partial charge in [0, 0.05) is 6.61 Å². The number of hydrogen-bond donors (Lipinski definition) is 0. The predicted molar refractivity (Wildman–Crippen MR) is 81.6 cm³/mol. The van der Waals surface area contributed by atoms with Crippen LogP contribution in [-0.2, 0) is 4.43 Å². The first kappa shape index (κ1) is 14.7. The molecule has 3 heteroatoms. The fraction of sp³-hybridized carbons (Fsp3) is 0.571. The van der Waals surface area contributed by atoms with Crippen LogP contribution in [0.15, 0.2) is 30.3 Å². The van der Waals surface area contributed by atoms with E-state index in [-0.39, 0.29) is 0 Å². The van der Waals surface area contributed by atoms with Gasteiger partial charge in [-0.25, -0.2) is 0 Å². The van der Waals surface area contributed by atoms with Crippen molar-refractivity contribution in [2.75, 3.05) is 6.61 Å². The van der Waals surface area contributed by atoms with Crippen LogP contribution in [0.2, 0.25) is 32.7 Å². The van der Waals surface area contributed by atoms with E-state index < -0.39 is 16.4 Å². The molecule has 96 valence electrons. The molecule has 0 aliphatic rings. The van der Waals surface area contributed by atoms with Crippen molar-refractivity contribution in [2.45, 2.75) is 44.8 Å². The Balaban J connectivity index is 3.14. The minimum atomic E-state index is -1.65. The zero-order chi connectivity index (χ0) is 13.1. The van der Waals surface area contributed by atoms with E-state index in [1.54, 1.807) is 0 Å². The standard InChI is InChI=1S/C14H26OSi2/c1-7-15-17(5,6)14(16(2,3)4)13-11-9-8-10-12-13/h8-12,14H,7H2,1-6H3. The molecule has 0 N–H and O–H groups in total. The van der Waals surface area contributed by atoms with Crippen molar-refractivity contribution < 1.29 is 4.43 Å². The molecule has 1 unspecified atom stereocenters. The second kappa shape index (κ2) is 5.50. The molecule has 1 aromatic rings. The summed E-state index contributed by atoms with van der Waals surface area (Å²) in [5.74, 6) is 0. The highest BCUT2D eigenvalue weighted by atomic mass is 28.4. The maximum absolute atomic E-state index is 6.15. The lowest BCUT2D eigenvalue weighted by molar-refractivity contribution is 0.326. The third-order valence-electron chi connectivity index (χ3n) is 3.21. The van der Waals surface area contributed by atoms with E-state index in [1.165, 1.54) is 5.56 Å². The SMILES string of the molecule is CCO[Si](C)(C)C(c1ccccc1)[Si](C)(C)C. The molecule has 0 saturated carbocycles. The zero-order valence-electron chi connectivity index (χ0n) is 12.1. The summed E-state index contributed by atoms with van der Waals surface area (Å²) in [5.41, 5.74) is 1.48. The first-order chi connectivity index (χ1) is 7.79. The monoisotopic (exact) mass is 266 g/mol. The molecule has 0 heterocycles. The van der Waals surface area contributed by atoms with E-state index >= 15 is 0 Å². The van der Waals surface area contributed by atoms with Gasteiger partial charge in [-0.05, 0) is 30.7 Å². The minimum Gasteiger partial charge on any atom is -0.417 e. The van der Waals surface area contributed by atoms with Crippen molar-refractivity contribution in [3.63, 3.8) is 0 Å². The molecule has 17 heavy (non-hydrogen) atoms. The lowest BCUT2D eigenvalue weighted by atomic mass is 10.2. The van der Waals surface area contributed by atoms with Gasteiger partial charge in [-0.15, -0.1) is 0 Å². The molecular weight excluding hydrogens is 240 g/mol. The van der Waals surface area contributed by atoms with Gasteiger partial charge >= 0.3 is 0 Å². The van der Waals surface area contributed by atoms with Gasteiger partial charge in [0.05, 0.1) is 8.07 Å². The fourth-order valence-corrected chi connectivity index (χ4v) is 14.7. The van der Waals surface area contributed by atoms with E-state index in [9.17, 15) is 0 Å². The molecular formula is C14H26OSi2. The Hall–Kier alpha value is -0.386. The molecule has 0 aliphatic carbocycles. The van der Waals surface area contributed by atoms with E-state index in [2.05, 4.69) is 70.0 Å². The largest absolute Gasteiger partial charge is 0.417 e. The maximum Gasteiger partial charge on any atom is 0.191 e. The average Bonchev–Trinajstić information content (AvgIpc) is 2.16. The lowest BCUT2D eigenvalue weighted by Gasteiger charge is -2.40. The molecule has 0 aliphatic heterocycles. The summed E-state index contributed by atoms with van der Waals surface area (Å²) in [5, 5.41) is 0.663. The van der Waals surface area contributed by atoms with Crippen molar-refractivity contribution in [3.05, 3.63) is 35.9 Å². The topological polar surface area (TPSA) is 9.23 Å². The van der Waals surface area contributed by atoms with E-state index in [1.807, 2.05) is 0 Å². The predicted octanol–water partition coefficient (Wildman–Crippen LogP) is 4.43. The molecule has 0 amide bonds. The summed E-state index contributed by atoms with van der Waals surface area (Å²) in [6, 6.07) is 10.9. The molecule has 0 bridgehead atoms. The average molecular weight is 267 g/mol. The molecule has 0 spiro atoms. The Labute approximate surface area is 108 Å². The smallest absolute Gasteiger partial charge is 0.191 e. The summed E-state index contributed by atoms with van der Waals surface area (Å²) < 4.78 is 6.15. The molecule has 0 fully saturated rings. The van der Waals surface area contributed by atoms with E-state index in [0.717, 1.165) is 6.61 Å². The van der Waals surface area contributed by atoms with Crippen molar-refractivity contribution in [1.29, 1.82) is 0 Å². The fourth-order valence-electron chi connectivity index (χ4n) is 3.05. The van der Waals surface area contributed by atoms with Crippen molar-refractivity contribution >= 4 is 16.4 Å². The Kier molecular flexibility index (Phi) is 4.75. The second-order valence-corrected chi connectivity index (χ2v) is 16.2. The van der Waals surface area contributed by atoms with Crippen LogP contribution in [0.25, 0.3) is 0 Å². The molecule has 0 aromatic heterocycles. The van der Waals surface area contributed by atoms with Crippen LogP contribution in [0.3, 0.4) is 0 Å². The summed E-state index contributed by atoms with van der Waals surface area (Å²) in [4.78, 5) is 0. The number of hydrogen-bond acceptors (Lipinski definition) is 1. The van der Waals surface area contributed by atoms with Gasteiger partial charge in [-0.2, -0.15) is 0 Å². The molecule has 1 aromatic carbocycles. The van der Waals surface area contributed by atoms with Crippen LogP contribution in [-0.4, -0.2) is 23.0 Å². The third kappa shape index (κ3) is 3.80. The quantitative estimate of drug-likeness (QED) is 0.717. The van der Waals surface area contributed by atoms with Gasteiger partial charge in [0.1, 0.15) is 0 Å². The lowest BCUT2D eigenvalue weighted by Crippen LogP contribution is -2.50. The highest BCUT2D eigenvalue weighted by Gasteiger charge is 2.43. The number of benzene rings is 1. The van der Waals surface area contributed by atoms with Crippen molar-refractivity contribution in [2.24, 2.45) is 0 Å². The zero-order valence-corrected chi connectivity index (χ0v) is 14.1. The highest BCUT2D eigenvalue weighted by molar-refractivity contribution is 6.94. The molecule has 0 saturated heterocycles. The molecule has 0 radical (unpaired) electrons. The second-order valence-electron chi connectivity index (χ2n) is 6.25. The summed E-state index contributed by atoms with van der Waals surface area (Å²) in [6.07, 6.45) is 0. The molecule has 1 rings (SSSR count). The summed E-state index contributed by atoms with van der Waals surface area (Å²) in [7, 11) is -2.91. The Bertz CT molecular complexity index is 341. The third-order valence-corrected chi connectivity index (χ3v) is 12.7. The van der Waals surface area contributed by atoms with E-state index in [0.29, 0.717) is 5.16 Å². The van der Waals surface area contributed by atoms with Crippen molar-refractivity contribution in [1.82, 2.24) is 0 Å². The molecule has 1 nitrogen and oxygen atoms in total. The number of rotatable bonds is 5. The first-order valence-corrected chi connectivity index (χ1v) is 13.0.